The molecule has 0 unspecified atom stereocenters. The van der Waals surface area contributed by atoms with E-state index in [-0.39, 0.29) is 0 Å². The van der Waals surface area contributed by atoms with Gasteiger partial charge in [0.25, 0.3) is 0 Å². The van der Waals surface area contributed by atoms with Gasteiger partial charge in [-0.15, -0.1) is 0 Å². The van der Waals surface area contributed by atoms with Crippen molar-refractivity contribution in [3.05, 3.63) is 81.8 Å². The third-order valence-electron chi connectivity index (χ3n) is 6.32. The van der Waals surface area contributed by atoms with Crippen LogP contribution >= 0.6 is 30.0 Å². The first-order valence-electron chi connectivity index (χ1n) is 12.1. The maximum absolute atomic E-state index is 6.59. The van der Waals surface area contributed by atoms with E-state index in [9.17, 15) is 0 Å². The van der Waals surface area contributed by atoms with Crippen LogP contribution in [-0.4, -0.2) is 10.5 Å². The Hall–Kier alpha value is -1.07. The van der Waals surface area contributed by atoms with Crippen molar-refractivity contribution in [2.75, 3.05) is 9.80 Å². The summed E-state index contributed by atoms with van der Waals surface area (Å²) in [5.41, 5.74) is 7.57. The summed E-state index contributed by atoms with van der Waals surface area (Å²) in [7, 11) is 16.1. The van der Waals surface area contributed by atoms with E-state index in [1.165, 1.54) is 33.6 Å². The Morgan fingerprint density at radius 2 is 0.882 bits per heavy atom. The molecule has 0 amide bonds. The summed E-state index contributed by atoms with van der Waals surface area (Å²) in [5, 5.41) is 0. The van der Waals surface area contributed by atoms with Crippen molar-refractivity contribution in [2.45, 2.75) is 79.1 Å². The first-order chi connectivity index (χ1) is 15.8. The molecule has 3 rings (SSSR count). The average Bonchev–Trinajstić information content (AvgIpc) is 3.13. The molecule has 1 heterocycles. The Bertz CT molecular complexity index is 954. The van der Waals surface area contributed by atoms with Gasteiger partial charge >= 0.3 is 223 Å². The molecule has 0 radical (unpaired) electrons. The number of hydrogen-bond donors (Lipinski definition) is 0. The normalized spacial score (nSPS) is 14.5. The Labute approximate surface area is 221 Å². The van der Waals surface area contributed by atoms with Crippen molar-refractivity contribution in [1.82, 2.24) is 0 Å². The quantitative estimate of drug-likeness (QED) is 0.301. The fourth-order valence-electron chi connectivity index (χ4n) is 4.65. The third kappa shape index (κ3) is 5.83. The summed E-state index contributed by atoms with van der Waals surface area (Å²) in [4.78, 5) is 6.42. The van der Waals surface area contributed by atoms with E-state index in [1.807, 2.05) is 4.91 Å². The molecular formula is C28H37Cl3GeN2. The van der Waals surface area contributed by atoms with Gasteiger partial charge in [0.1, 0.15) is 0 Å². The van der Waals surface area contributed by atoms with Crippen LogP contribution in [0.1, 0.15) is 101 Å². The van der Waals surface area contributed by atoms with E-state index in [0.717, 1.165) is 5.82 Å². The van der Waals surface area contributed by atoms with Gasteiger partial charge in [0, 0.05) is 0 Å². The number of hydrogen-bond acceptors (Lipinski definition) is 2. The number of para-hydroxylation sites is 2. The van der Waals surface area contributed by atoms with Gasteiger partial charge in [-0.25, -0.2) is 0 Å². The summed E-state index contributed by atoms with van der Waals surface area (Å²) < 4.78 is 0. The fraction of sp³-hybridized carbons (Fsp3) is 0.429. The standard InChI is InChI=1S/C28H37Cl3GeN2/c1-18(2)22-11-9-12-23(19(3)4)27(22)33-15-16-34(26(33)17-32(29,30)31)28-24(20(5)6)13-10-14-25(28)21(7)8/h9-21H,1-8H3. The summed E-state index contributed by atoms with van der Waals surface area (Å²) in [6.45, 7) is 17.9. The number of halogens is 3. The van der Waals surface area contributed by atoms with Gasteiger partial charge in [0.05, 0.1) is 0 Å². The van der Waals surface area contributed by atoms with Gasteiger partial charge in [-0.1, -0.05) is 0 Å². The maximum atomic E-state index is 6.59. The molecule has 2 nitrogen and oxygen atoms in total. The predicted molar refractivity (Wildman–Crippen MR) is 155 cm³/mol. The molecule has 0 N–H and O–H groups in total. The molecule has 0 saturated carbocycles. The summed E-state index contributed by atoms with van der Waals surface area (Å²) in [6.07, 6.45) is 4.28. The molecule has 0 atom stereocenters. The van der Waals surface area contributed by atoms with Crippen molar-refractivity contribution < 1.29 is 0 Å². The molecule has 0 saturated heterocycles. The van der Waals surface area contributed by atoms with Gasteiger partial charge in [-0.05, 0) is 0 Å². The molecule has 0 fully saturated rings. The van der Waals surface area contributed by atoms with Crippen LogP contribution in [0, 0.1) is 0 Å². The molecule has 0 bridgehead atoms. The average molecular weight is 581 g/mol. The second-order valence-corrected chi connectivity index (χ2v) is 25.5. The van der Waals surface area contributed by atoms with Crippen molar-refractivity contribution in [3.8, 4) is 0 Å². The molecule has 0 aromatic heterocycles. The van der Waals surface area contributed by atoms with Crippen molar-refractivity contribution in [2.24, 2.45) is 0 Å². The van der Waals surface area contributed by atoms with E-state index >= 15 is 0 Å². The van der Waals surface area contributed by atoms with Gasteiger partial charge < -0.3 is 0 Å². The zero-order valence-electron chi connectivity index (χ0n) is 21.5. The van der Waals surface area contributed by atoms with Crippen LogP contribution in [0.3, 0.4) is 0 Å². The van der Waals surface area contributed by atoms with Crippen molar-refractivity contribution in [3.63, 3.8) is 0 Å². The summed E-state index contributed by atoms with van der Waals surface area (Å²) in [5.74, 6) is 2.37. The van der Waals surface area contributed by atoms with E-state index < -0.39 is 10.5 Å². The van der Waals surface area contributed by atoms with Crippen LogP contribution in [0.4, 0.5) is 11.4 Å². The summed E-state index contributed by atoms with van der Waals surface area (Å²) in [6, 6.07) is 13.2. The van der Waals surface area contributed by atoms with E-state index in [0.29, 0.717) is 23.7 Å². The monoisotopic (exact) mass is 580 g/mol. The molecule has 0 aliphatic carbocycles. The van der Waals surface area contributed by atoms with Crippen LogP contribution in [0.25, 0.3) is 0 Å². The van der Waals surface area contributed by atoms with E-state index in [2.05, 4.69) is 114 Å². The van der Waals surface area contributed by atoms with E-state index in [1.54, 1.807) is 0 Å². The second-order valence-electron chi connectivity index (χ2n) is 10.3. The SMILES string of the molecule is CC(C)c1cccc(C(C)C)c1N1C=CN(c2c(C(C)C)cccc2C(C)C)C1=[CH][Ge]([Cl])([Cl])[Cl]. The Morgan fingerprint density at radius 3 is 1.12 bits per heavy atom. The van der Waals surface area contributed by atoms with Crippen molar-refractivity contribution in [1.29, 1.82) is 0 Å². The Morgan fingerprint density at radius 1 is 0.588 bits per heavy atom. The third-order valence-corrected chi connectivity index (χ3v) is 9.25. The molecule has 6 heteroatoms. The zero-order chi connectivity index (χ0) is 25.4. The molecule has 34 heavy (non-hydrogen) atoms. The molecular weight excluding hydrogens is 543 g/mol. The van der Waals surface area contributed by atoms with E-state index in [4.69, 9.17) is 30.0 Å². The molecule has 2 aromatic rings. The summed E-state index contributed by atoms with van der Waals surface area (Å²) >= 11 is 0. The van der Waals surface area contributed by atoms with Gasteiger partial charge in [-0.3, -0.25) is 0 Å². The van der Waals surface area contributed by atoms with Crippen molar-refractivity contribution >= 4 is 51.9 Å². The zero-order valence-corrected chi connectivity index (χ0v) is 25.9. The first kappa shape index (κ1) is 27.5. The Kier molecular flexibility index (Phi) is 8.83. The minimum atomic E-state index is -3.67. The number of benzene rings is 2. The van der Waals surface area contributed by atoms with Crippen LogP contribution in [-0.2, 0) is 0 Å². The second kappa shape index (κ2) is 10.9. The molecule has 184 valence electrons. The van der Waals surface area contributed by atoms with Crippen LogP contribution in [0.15, 0.2) is 59.5 Å². The molecule has 1 aliphatic rings. The fourth-order valence-corrected chi connectivity index (χ4v) is 7.36. The number of rotatable bonds is 7. The molecule has 1 aliphatic heterocycles. The molecule has 0 spiro atoms. The number of nitrogens with zero attached hydrogens (tertiary/aromatic N) is 2. The van der Waals surface area contributed by atoms with Crippen LogP contribution < -0.4 is 9.80 Å². The topological polar surface area (TPSA) is 6.48 Å². The molecule has 2 aromatic carbocycles. The van der Waals surface area contributed by atoms with Gasteiger partial charge in [0.15, 0.2) is 0 Å². The number of anilines is 2. The predicted octanol–water partition coefficient (Wildman–Crippen LogP) is 10.0. The minimum absolute atomic E-state index is 0.362. The first-order valence-corrected chi connectivity index (χ1v) is 21.6. The Balaban J connectivity index is 2.31. The van der Waals surface area contributed by atoms with Gasteiger partial charge in [0.2, 0.25) is 0 Å². The van der Waals surface area contributed by atoms with Gasteiger partial charge in [-0.2, -0.15) is 0 Å². The van der Waals surface area contributed by atoms with Crippen LogP contribution in [0.5, 0.6) is 0 Å². The van der Waals surface area contributed by atoms with Crippen LogP contribution in [0.2, 0.25) is 0 Å².